The highest BCUT2D eigenvalue weighted by atomic mass is 16.6. The maximum absolute atomic E-state index is 11.9. The number of nitrogens with one attached hydrogen (secondary N) is 2. The van der Waals surface area contributed by atoms with Crippen molar-refractivity contribution in [3.05, 3.63) is 65.8 Å². The highest BCUT2D eigenvalue weighted by molar-refractivity contribution is 5.93. The largest absolute Gasteiger partial charge is 0.482 e. The second-order valence-electron chi connectivity index (χ2n) is 4.71. The number of allylic oxidation sites excluding steroid dienone is 1. The molecule has 2 aromatic rings. The molecule has 112 valence electrons. The van der Waals surface area contributed by atoms with Gasteiger partial charge in [0.15, 0.2) is 17.3 Å². The monoisotopic (exact) mass is 297 g/mol. The summed E-state index contributed by atoms with van der Waals surface area (Å²) >= 11 is 0. The zero-order valence-corrected chi connectivity index (χ0v) is 12.0. The molecule has 1 aliphatic rings. The van der Waals surface area contributed by atoms with Crippen LogP contribution in [0.25, 0.3) is 0 Å². The van der Waals surface area contributed by atoms with Gasteiger partial charge in [-0.15, -0.1) is 0 Å². The van der Waals surface area contributed by atoms with Crippen LogP contribution in [0.3, 0.4) is 0 Å². The van der Waals surface area contributed by atoms with Gasteiger partial charge in [0, 0.05) is 12.4 Å². The molecular formula is C16H15N3O3. The van der Waals surface area contributed by atoms with Crippen LogP contribution in [-0.2, 0) is 0 Å². The Labute approximate surface area is 127 Å². The molecule has 1 aliphatic heterocycles. The number of aromatic nitrogens is 1. The van der Waals surface area contributed by atoms with Crippen LogP contribution < -0.4 is 20.3 Å². The molecule has 2 N–H and O–H groups in total. The molecular weight excluding hydrogens is 282 g/mol. The number of pyridine rings is 1. The van der Waals surface area contributed by atoms with E-state index in [1.165, 1.54) is 6.20 Å². The first-order chi connectivity index (χ1) is 10.7. The predicted molar refractivity (Wildman–Crippen MR) is 80.1 cm³/mol. The smallest absolute Gasteiger partial charge is 0.271 e. The molecule has 22 heavy (non-hydrogen) atoms. The number of benzene rings is 1. The Morgan fingerprint density at radius 2 is 1.95 bits per heavy atom. The molecule has 0 unspecified atom stereocenters. The Morgan fingerprint density at radius 1 is 1.14 bits per heavy atom. The average molecular weight is 297 g/mol. The summed E-state index contributed by atoms with van der Waals surface area (Å²) in [4.78, 5) is 15.8. The van der Waals surface area contributed by atoms with E-state index >= 15 is 0 Å². The third-order valence-electron chi connectivity index (χ3n) is 3.15. The van der Waals surface area contributed by atoms with E-state index in [2.05, 4.69) is 15.8 Å². The number of hydrazine groups is 1. The highest BCUT2D eigenvalue weighted by Crippen LogP contribution is 2.32. The molecule has 2 heterocycles. The number of para-hydroxylation sites is 2. The van der Waals surface area contributed by atoms with Gasteiger partial charge in [0.25, 0.3) is 5.91 Å². The number of fused-ring (bicyclic) bond motifs is 1. The van der Waals surface area contributed by atoms with Crippen molar-refractivity contribution in [3.63, 3.8) is 0 Å². The van der Waals surface area contributed by atoms with Gasteiger partial charge in [-0.05, 0) is 31.2 Å². The number of carbonyl (C=O) groups is 1. The van der Waals surface area contributed by atoms with Crippen LogP contribution in [0.4, 0.5) is 0 Å². The zero-order chi connectivity index (χ0) is 15.4. The summed E-state index contributed by atoms with van der Waals surface area (Å²) in [7, 11) is 0. The summed E-state index contributed by atoms with van der Waals surface area (Å²) in [5, 5.41) is 0. The fourth-order valence-electron chi connectivity index (χ4n) is 1.93. The maximum Gasteiger partial charge on any atom is 0.271 e. The van der Waals surface area contributed by atoms with Gasteiger partial charge in [-0.1, -0.05) is 12.1 Å². The van der Waals surface area contributed by atoms with E-state index in [1.807, 2.05) is 24.3 Å². The van der Waals surface area contributed by atoms with Gasteiger partial charge in [-0.25, -0.2) is 0 Å². The highest BCUT2D eigenvalue weighted by Gasteiger charge is 2.17. The minimum atomic E-state index is -0.273. The van der Waals surface area contributed by atoms with E-state index in [-0.39, 0.29) is 5.91 Å². The molecule has 0 bridgehead atoms. The zero-order valence-electron chi connectivity index (χ0n) is 12.0. The first kappa shape index (κ1) is 13.9. The number of hydrogen-bond donors (Lipinski definition) is 2. The quantitative estimate of drug-likeness (QED) is 0.848. The lowest BCUT2D eigenvalue weighted by atomic mass is 10.3. The van der Waals surface area contributed by atoms with Crippen LogP contribution in [0.2, 0.25) is 0 Å². The van der Waals surface area contributed by atoms with Gasteiger partial charge in [-0.3, -0.25) is 20.6 Å². The van der Waals surface area contributed by atoms with Gasteiger partial charge in [0.2, 0.25) is 0 Å². The van der Waals surface area contributed by atoms with Crippen LogP contribution in [0.15, 0.2) is 60.2 Å². The van der Waals surface area contributed by atoms with E-state index in [1.54, 1.807) is 25.3 Å². The van der Waals surface area contributed by atoms with E-state index in [9.17, 15) is 4.79 Å². The van der Waals surface area contributed by atoms with Crippen LogP contribution in [0, 0.1) is 0 Å². The molecule has 6 nitrogen and oxygen atoms in total. The van der Waals surface area contributed by atoms with Crippen molar-refractivity contribution in [3.8, 4) is 11.5 Å². The third kappa shape index (κ3) is 3.01. The molecule has 3 rings (SSSR count). The van der Waals surface area contributed by atoms with Crippen molar-refractivity contribution in [2.75, 3.05) is 6.61 Å². The van der Waals surface area contributed by atoms with Gasteiger partial charge in [0.05, 0.1) is 11.3 Å². The second-order valence-corrected chi connectivity index (χ2v) is 4.71. The average Bonchev–Trinajstić information content (AvgIpc) is 2.59. The Hall–Kier alpha value is -3.02. The fraction of sp³-hybridized carbons (Fsp3) is 0.125. The Morgan fingerprint density at radius 3 is 2.73 bits per heavy atom. The third-order valence-corrected chi connectivity index (χ3v) is 3.15. The Kier molecular flexibility index (Phi) is 3.91. The molecule has 1 aromatic carbocycles. The molecule has 0 spiro atoms. The van der Waals surface area contributed by atoms with Gasteiger partial charge < -0.3 is 9.47 Å². The minimum absolute atomic E-state index is 0.273. The van der Waals surface area contributed by atoms with Crippen molar-refractivity contribution in [1.29, 1.82) is 0 Å². The van der Waals surface area contributed by atoms with Gasteiger partial charge in [0.1, 0.15) is 6.61 Å². The topological polar surface area (TPSA) is 72.5 Å². The van der Waals surface area contributed by atoms with Crippen LogP contribution in [0.1, 0.15) is 17.3 Å². The van der Waals surface area contributed by atoms with E-state index in [4.69, 9.17) is 9.47 Å². The number of nitrogens with zero attached hydrogens (tertiary/aromatic N) is 1. The Balaban J connectivity index is 1.65. The molecule has 0 saturated heterocycles. The van der Waals surface area contributed by atoms with Crippen molar-refractivity contribution >= 4 is 5.91 Å². The molecule has 6 heteroatoms. The van der Waals surface area contributed by atoms with Crippen LogP contribution in [0.5, 0.6) is 11.5 Å². The summed E-state index contributed by atoms with van der Waals surface area (Å²) in [6, 6.07) is 10.8. The molecule has 1 amide bonds. The van der Waals surface area contributed by atoms with E-state index < -0.39 is 0 Å². The lowest BCUT2D eigenvalue weighted by Gasteiger charge is -2.22. The number of carbonyl (C=O) groups excluding carboxylic acids is 1. The molecule has 0 aliphatic carbocycles. The number of hydrogen-bond acceptors (Lipinski definition) is 5. The molecule has 0 radical (unpaired) electrons. The molecule has 1 aromatic heterocycles. The summed E-state index contributed by atoms with van der Waals surface area (Å²) in [5.74, 6) is 1.71. The van der Waals surface area contributed by atoms with Crippen molar-refractivity contribution < 1.29 is 14.3 Å². The number of amides is 1. The summed E-state index contributed by atoms with van der Waals surface area (Å²) in [6.45, 7) is 2.11. The lowest BCUT2D eigenvalue weighted by molar-refractivity contribution is 0.0937. The molecule has 0 fully saturated rings. The van der Waals surface area contributed by atoms with Gasteiger partial charge >= 0.3 is 0 Å². The maximum atomic E-state index is 11.9. The van der Waals surface area contributed by atoms with Crippen LogP contribution in [-0.4, -0.2) is 17.5 Å². The van der Waals surface area contributed by atoms with Crippen molar-refractivity contribution in [2.24, 2.45) is 0 Å². The number of ether oxygens (including phenoxy) is 2. The first-order valence-corrected chi connectivity index (χ1v) is 6.80. The van der Waals surface area contributed by atoms with E-state index in [0.717, 1.165) is 0 Å². The fourth-order valence-corrected chi connectivity index (χ4v) is 1.93. The van der Waals surface area contributed by atoms with Crippen molar-refractivity contribution in [2.45, 2.75) is 6.92 Å². The molecule has 0 saturated carbocycles. The lowest BCUT2D eigenvalue weighted by Crippen LogP contribution is -2.37. The predicted octanol–water partition coefficient (Wildman–Crippen LogP) is 2.02. The molecule has 0 atom stereocenters. The standard InChI is InChI=1S/C16H15N3O3/c1-11(18-19-16(20)12-5-4-8-17-9-12)15-10-21-13-6-2-3-7-14(13)22-15/h2-9,18H,10H2,1H3,(H,19,20)/b15-11-. The minimum Gasteiger partial charge on any atom is -0.482 e. The SMILES string of the molecule is C/C(NNC(=O)c1cccnc1)=C1\COc2ccccc2O1. The van der Waals surface area contributed by atoms with Crippen molar-refractivity contribution in [1.82, 2.24) is 15.8 Å². The second kappa shape index (κ2) is 6.17. The van der Waals surface area contributed by atoms with Gasteiger partial charge in [-0.2, -0.15) is 0 Å². The van der Waals surface area contributed by atoms with Crippen LogP contribution >= 0.6 is 0 Å². The summed E-state index contributed by atoms with van der Waals surface area (Å²) < 4.78 is 11.4. The summed E-state index contributed by atoms with van der Waals surface area (Å²) in [6.07, 6.45) is 3.11. The van der Waals surface area contributed by atoms with E-state index in [0.29, 0.717) is 35.1 Å². The number of rotatable bonds is 3. The Bertz CT molecular complexity index is 714. The summed E-state index contributed by atoms with van der Waals surface area (Å²) in [5.41, 5.74) is 6.57. The first-order valence-electron chi connectivity index (χ1n) is 6.80. The normalized spacial score (nSPS) is 15.0.